The van der Waals surface area contributed by atoms with Gasteiger partial charge < -0.3 is 0 Å². The number of thioether (sulfide) groups is 2. The molecule has 1 atom stereocenters. The van der Waals surface area contributed by atoms with Crippen molar-refractivity contribution < 1.29 is 8.42 Å². The lowest BCUT2D eigenvalue weighted by Crippen LogP contribution is -2.34. The molecule has 1 aliphatic heterocycles. The van der Waals surface area contributed by atoms with E-state index >= 15 is 0 Å². The molecule has 0 aromatic rings. The lowest BCUT2D eigenvalue weighted by Gasteiger charge is -2.21. The lowest BCUT2D eigenvalue weighted by molar-refractivity contribution is 0.578. The lowest BCUT2D eigenvalue weighted by atomic mass is 10.4. The summed E-state index contributed by atoms with van der Waals surface area (Å²) in [4.78, 5) is 0. The van der Waals surface area contributed by atoms with Crippen molar-refractivity contribution in [2.75, 3.05) is 35.4 Å². The smallest absolute Gasteiger partial charge is 0.211 e. The molecule has 0 aromatic carbocycles. The molecule has 1 fully saturated rings. The van der Waals surface area contributed by atoms with Crippen LogP contribution in [0.15, 0.2) is 0 Å². The Morgan fingerprint density at radius 3 is 2.75 bits per heavy atom. The van der Waals surface area contributed by atoms with E-state index in [1.54, 1.807) is 0 Å². The van der Waals surface area contributed by atoms with Crippen molar-refractivity contribution >= 4 is 45.1 Å². The Labute approximate surface area is 112 Å². The van der Waals surface area contributed by atoms with Crippen LogP contribution in [0.25, 0.3) is 0 Å². The molecule has 96 valence electrons. The SMILES string of the molecule is O=S(=O)(CCCCCl)NCC1CSCCS1. The maximum atomic E-state index is 11.6. The monoisotopic (exact) mass is 303 g/mol. The highest BCUT2D eigenvalue weighted by Crippen LogP contribution is 2.23. The van der Waals surface area contributed by atoms with Crippen molar-refractivity contribution in [3.05, 3.63) is 0 Å². The molecule has 1 saturated heterocycles. The fraction of sp³-hybridized carbons (Fsp3) is 1.00. The molecule has 0 radical (unpaired) electrons. The number of alkyl halides is 1. The maximum Gasteiger partial charge on any atom is 0.211 e. The Hall–Kier alpha value is 0.900. The van der Waals surface area contributed by atoms with Crippen molar-refractivity contribution in [2.45, 2.75) is 18.1 Å². The van der Waals surface area contributed by atoms with Gasteiger partial charge in [-0.25, -0.2) is 13.1 Å². The molecular weight excluding hydrogens is 286 g/mol. The number of sulfonamides is 1. The average Bonchev–Trinajstić information content (AvgIpc) is 2.28. The van der Waals surface area contributed by atoms with Crippen LogP contribution in [0.1, 0.15) is 12.8 Å². The minimum Gasteiger partial charge on any atom is -0.214 e. The Balaban J connectivity index is 2.18. The summed E-state index contributed by atoms with van der Waals surface area (Å²) in [6, 6.07) is 0. The molecule has 1 N–H and O–H groups in total. The van der Waals surface area contributed by atoms with Crippen LogP contribution < -0.4 is 4.72 Å². The summed E-state index contributed by atoms with van der Waals surface area (Å²) in [6.45, 7) is 0.570. The third kappa shape index (κ3) is 6.59. The Kier molecular flexibility index (Phi) is 7.56. The van der Waals surface area contributed by atoms with Crippen LogP contribution in [0.3, 0.4) is 0 Å². The number of nitrogens with one attached hydrogen (secondary N) is 1. The molecule has 1 aliphatic rings. The van der Waals surface area contributed by atoms with Crippen molar-refractivity contribution in [1.29, 1.82) is 0 Å². The van der Waals surface area contributed by atoms with E-state index in [0.717, 1.165) is 17.9 Å². The molecule has 0 aliphatic carbocycles. The van der Waals surface area contributed by atoms with E-state index in [0.29, 0.717) is 24.1 Å². The summed E-state index contributed by atoms with van der Waals surface area (Å²) in [6.07, 6.45) is 1.40. The predicted molar refractivity (Wildman–Crippen MR) is 75.3 cm³/mol. The number of hydrogen-bond donors (Lipinski definition) is 1. The first kappa shape index (κ1) is 15.0. The largest absolute Gasteiger partial charge is 0.214 e. The zero-order valence-corrected chi connectivity index (χ0v) is 12.4. The van der Waals surface area contributed by atoms with Crippen LogP contribution in [0.4, 0.5) is 0 Å². The van der Waals surface area contributed by atoms with E-state index in [9.17, 15) is 8.42 Å². The summed E-state index contributed by atoms with van der Waals surface area (Å²) < 4.78 is 25.8. The summed E-state index contributed by atoms with van der Waals surface area (Å²) in [5.74, 6) is 4.09. The molecule has 0 saturated carbocycles. The molecule has 3 nitrogen and oxygen atoms in total. The van der Waals surface area contributed by atoms with E-state index in [1.807, 2.05) is 23.5 Å². The van der Waals surface area contributed by atoms with E-state index in [4.69, 9.17) is 11.6 Å². The van der Waals surface area contributed by atoms with Crippen molar-refractivity contribution in [1.82, 2.24) is 4.72 Å². The van der Waals surface area contributed by atoms with Gasteiger partial charge in [-0.1, -0.05) is 0 Å². The normalized spacial score (nSPS) is 22.2. The standard InChI is InChI=1S/C9H18ClNO2S3/c10-3-1-2-6-16(12,13)11-7-9-8-14-4-5-15-9/h9,11H,1-8H2. The van der Waals surface area contributed by atoms with E-state index in [2.05, 4.69) is 4.72 Å². The van der Waals surface area contributed by atoms with Gasteiger partial charge in [-0.15, -0.1) is 11.6 Å². The van der Waals surface area contributed by atoms with Gasteiger partial charge in [0.25, 0.3) is 0 Å². The molecular formula is C9H18ClNO2S3. The van der Waals surface area contributed by atoms with Gasteiger partial charge in [0.15, 0.2) is 0 Å². The summed E-state index contributed by atoms with van der Waals surface area (Å²) in [7, 11) is -3.08. The van der Waals surface area contributed by atoms with Gasteiger partial charge in [0.2, 0.25) is 10.0 Å². The van der Waals surface area contributed by atoms with Gasteiger partial charge in [-0.05, 0) is 12.8 Å². The molecule has 1 heterocycles. The van der Waals surface area contributed by atoms with Gasteiger partial charge in [0, 0.05) is 34.9 Å². The minimum atomic E-state index is -3.08. The van der Waals surface area contributed by atoms with Crippen LogP contribution in [0.2, 0.25) is 0 Å². The van der Waals surface area contributed by atoms with E-state index in [-0.39, 0.29) is 5.75 Å². The summed E-state index contributed by atoms with van der Waals surface area (Å²) in [5.41, 5.74) is 0. The first-order valence-corrected chi connectivity index (χ1v) is 9.76. The van der Waals surface area contributed by atoms with Crippen LogP contribution in [0, 0.1) is 0 Å². The highest BCUT2D eigenvalue weighted by molar-refractivity contribution is 8.06. The van der Waals surface area contributed by atoms with E-state index in [1.165, 1.54) is 5.75 Å². The zero-order chi connectivity index (χ0) is 11.9. The molecule has 16 heavy (non-hydrogen) atoms. The van der Waals surface area contributed by atoms with Gasteiger partial charge in [-0.2, -0.15) is 23.5 Å². The molecule has 7 heteroatoms. The van der Waals surface area contributed by atoms with Crippen molar-refractivity contribution in [2.24, 2.45) is 0 Å². The summed E-state index contributed by atoms with van der Waals surface area (Å²) in [5, 5.41) is 0.432. The average molecular weight is 304 g/mol. The van der Waals surface area contributed by atoms with Gasteiger partial charge in [0.1, 0.15) is 0 Å². The quantitative estimate of drug-likeness (QED) is 0.575. The fourth-order valence-electron chi connectivity index (χ4n) is 1.33. The first-order chi connectivity index (χ1) is 7.64. The molecule has 1 rings (SSSR count). The number of rotatable bonds is 7. The summed E-state index contributed by atoms with van der Waals surface area (Å²) >= 11 is 9.27. The topological polar surface area (TPSA) is 46.2 Å². The van der Waals surface area contributed by atoms with Crippen molar-refractivity contribution in [3.63, 3.8) is 0 Å². The Morgan fingerprint density at radius 2 is 2.12 bits per heavy atom. The number of hydrogen-bond acceptors (Lipinski definition) is 4. The van der Waals surface area contributed by atoms with Crippen LogP contribution >= 0.6 is 35.1 Å². The van der Waals surface area contributed by atoms with Crippen molar-refractivity contribution in [3.8, 4) is 0 Å². The first-order valence-electron chi connectivity index (χ1n) is 5.37. The van der Waals surface area contributed by atoms with Gasteiger partial charge >= 0.3 is 0 Å². The third-order valence-electron chi connectivity index (χ3n) is 2.21. The second-order valence-corrected chi connectivity index (χ2v) is 8.49. The minimum absolute atomic E-state index is 0.199. The molecule has 0 amide bonds. The van der Waals surface area contributed by atoms with Gasteiger partial charge in [-0.3, -0.25) is 0 Å². The van der Waals surface area contributed by atoms with Crippen LogP contribution in [-0.4, -0.2) is 49.1 Å². The number of unbranched alkanes of at least 4 members (excludes halogenated alkanes) is 1. The second-order valence-electron chi connectivity index (χ2n) is 3.63. The van der Waals surface area contributed by atoms with E-state index < -0.39 is 10.0 Å². The highest BCUT2D eigenvalue weighted by Gasteiger charge is 2.17. The number of halogens is 1. The zero-order valence-electron chi connectivity index (χ0n) is 9.15. The highest BCUT2D eigenvalue weighted by atomic mass is 35.5. The third-order valence-corrected chi connectivity index (χ3v) is 6.76. The Morgan fingerprint density at radius 1 is 1.31 bits per heavy atom. The van der Waals surface area contributed by atoms with Gasteiger partial charge in [0.05, 0.1) is 5.75 Å². The second kappa shape index (κ2) is 8.08. The predicted octanol–water partition coefficient (Wildman–Crippen LogP) is 1.77. The van der Waals surface area contributed by atoms with Crippen LogP contribution in [0.5, 0.6) is 0 Å². The maximum absolute atomic E-state index is 11.6. The molecule has 0 aromatic heterocycles. The van der Waals surface area contributed by atoms with Crippen LogP contribution in [-0.2, 0) is 10.0 Å². The molecule has 0 spiro atoms. The fourth-order valence-corrected chi connectivity index (χ4v) is 5.42. The molecule has 0 bridgehead atoms. The molecule has 1 unspecified atom stereocenters. The Bertz CT molecular complexity index is 278.